The molecule has 92 valence electrons. The van der Waals surface area contributed by atoms with E-state index in [1.54, 1.807) is 0 Å². The monoisotopic (exact) mass is 301 g/mol. The molecule has 1 aromatic carbocycles. The number of benzene rings is 1. The SMILES string of the molecule is CC/C(=C\c1cc(Br)cnc1C)c1ccccc1. The predicted octanol–water partition coefficient (Wildman–Crippen LogP) is 5.10. The third-order valence-corrected chi connectivity index (χ3v) is 3.38. The quantitative estimate of drug-likeness (QED) is 0.768. The number of halogens is 1. The van der Waals surface area contributed by atoms with Gasteiger partial charge in [-0.05, 0) is 58.1 Å². The van der Waals surface area contributed by atoms with Crippen LogP contribution in [0.5, 0.6) is 0 Å². The standard InChI is InChI=1S/C16H16BrN/c1-3-13(14-7-5-4-6-8-14)9-15-10-16(17)11-18-12(15)2/h4-11H,3H2,1-2H3/b13-9+. The highest BCUT2D eigenvalue weighted by molar-refractivity contribution is 9.10. The number of hydrogen-bond donors (Lipinski definition) is 0. The van der Waals surface area contributed by atoms with Crippen molar-refractivity contribution in [3.05, 3.63) is 63.9 Å². The summed E-state index contributed by atoms with van der Waals surface area (Å²) in [5, 5.41) is 0. The van der Waals surface area contributed by atoms with E-state index in [0.29, 0.717) is 0 Å². The first-order valence-corrected chi connectivity index (χ1v) is 6.88. The van der Waals surface area contributed by atoms with Gasteiger partial charge in [0, 0.05) is 16.4 Å². The minimum absolute atomic E-state index is 1.01. The van der Waals surface area contributed by atoms with Gasteiger partial charge in [-0.1, -0.05) is 37.3 Å². The average molecular weight is 302 g/mol. The normalized spacial score (nSPS) is 11.6. The minimum atomic E-state index is 1.01. The highest BCUT2D eigenvalue weighted by Crippen LogP contribution is 2.23. The maximum absolute atomic E-state index is 4.37. The number of hydrogen-bond acceptors (Lipinski definition) is 1. The van der Waals surface area contributed by atoms with Crippen LogP contribution in [0.2, 0.25) is 0 Å². The summed E-state index contributed by atoms with van der Waals surface area (Å²) in [5.74, 6) is 0. The topological polar surface area (TPSA) is 12.9 Å². The van der Waals surface area contributed by atoms with Gasteiger partial charge in [0.25, 0.3) is 0 Å². The van der Waals surface area contributed by atoms with Gasteiger partial charge in [-0.3, -0.25) is 4.98 Å². The van der Waals surface area contributed by atoms with Gasteiger partial charge in [-0.2, -0.15) is 0 Å². The van der Waals surface area contributed by atoms with Gasteiger partial charge in [-0.15, -0.1) is 0 Å². The third kappa shape index (κ3) is 3.08. The Morgan fingerprint density at radius 1 is 1.28 bits per heavy atom. The largest absolute Gasteiger partial charge is 0.260 e. The van der Waals surface area contributed by atoms with Crippen molar-refractivity contribution >= 4 is 27.6 Å². The summed E-state index contributed by atoms with van der Waals surface area (Å²) >= 11 is 3.47. The van der Waals surface area contributed by atoms with Crippen molar-refractivity contribution in [2.24, 2.45) is 0 Å². The Hall–Kier alpha value is -1.41. The lowest BCUT2D eigenvalue weighted by Gasteiger charge is -2.07. The summed E-state index contributed by atoms with van der Waals surface area (Å²) in [6.45, 7) is 4.22. The fourth-order valence-corrected chi connectivity index (χ4v) is 2.25. The summed E-state index contributed by atoms with van der Waals surface area (Å²) < 4.78 is 1.02. The number of nitrogens with zero attached hydrogens (tertiary/aromatic N) is 1. The lowest BCUT2D eigenvalue weighted by atomic mass is 10.0. The molecule has 2 aromatic rings. The minimum Gasteiger partial charge on any atom is -0.260 e. The Bertz CT molecular complexity index is 559. The summed E-state index contributed by atoms with van der Waals surface area (Å²) in [7, 11) is 0. The van der Waals surface area contributed by atoms with Gasteiger partial charge >= 0.3 is 0 Å². The molecule has 0 atom stereocenters. The van der Waals surface area contributed by atoms with E-state index < -0.39 is 0 Å². The molecule has 0 aliphatic rings. The van der Waals surface area contributed by atoms with Crippen molar-refractivity contribution in [1.82, 2.24) is 4.98 Å². The van der Waals surface area contributed by atoms with Crippen molar-refractivity contribution in [3.8, 4) is 0 Å². The van der Waals surface area contributed by atoms with E-state index in [1.807, 2.05) is 19.2 Å². The van der Waals surface area contributed by atoms with E-state index in [2.05, 4.69) is 64.2 Å². The van der Waals surface area contributed by atoms with Gasteiger partial charge < -0.3 is 0 Å². The van der Waals surface area contributed by atoms with Crippen molar-refractivity contribution in [1.29, 1.82) is 0 Å². The second-order valence-corrected chi connectivity index (χ2v) is 5.13. The van der Waals surface area contributed by atoms with Crippen LogP contribution in [0, 0.1) is 6.92 Å². The maximum atomic E-state index is 4.37. The first-order chi connectivity index (χ1) is 8.70. The molecular formula is C16H16BrN. The van der Waals surface area contributed by atoms with Crippen LogP contribution in [0.1, 0.15) is 30.2 Å². The molecule has 2 rings (SSSR count). The van der Waals surface area contributed by atoms with Gasteiger partial charge in [0.2, 0.25) is 0 Å². The highest BCUT2D eigenvalue weighted by atomic mass is 79.9. The Kier molecular flexibility index (Phi) is 4.32. The van der Waals surface area contributed by atoms with Crippen LogP contribution in [-0.4, -0.2) is 4.98 Å². The van der Waals surface area contributed by atoms with Crippen molar-refractivity contribution < 1.29 is 0 Å². The smallest absolute Gasteiger partial charge is 0.0445 e. The lowest BCUT2D eigenvalue weighted by molar-refractivity contribution is 1.17. The van der Waals surface area contributed by atoms with Gasteiger partial charge in [0.15, 0.2) is 0 Å². The van der Waals surface area contributed by atoms with Crippen LogP contribution in [0.3, 0.4) is 0 Å². The second-order valence-electron chi connectivity index (χ2n) is 4.22. The molecule has 0 saturated carbocycles. The summed E-state index contributed by atoms with van der Waals surface area (Å²) in [6.07, 6.45) is 5.07. The fraction of sp³-hybridized carbons (Fsp3) is 0.188. The van der Waals surface area contributed by atoms with E-state index in [0.717, 1.165) is 16.6 Å². The van der Waals surface area contributed by atoms with E-state index in [9.17, 15) is 0 Å². The highest BCUT2D eigenvalue weighted by Gasteiger charge is 2.02. The number of aromatic nitrogens is 1. The number of rotatable bonds is 3. The van der Waals surface area contributed by atoms with Gasteiger partial charge in [-0.25, -0.2) is 0 Å². The molecule has 0 spiro atoms. The van der Waals surface area contributed by atoms with E-state index in [-0.39, 0.29) is 0 Å². The lowest BCUT2D eigenvalue weighted by Crippen LogP contribution is -1.88. The molecule has 0 aliphatic heterocycles. The summed E-state index contributed by atoms with van der Waals surface area (Å²) in [5.41, 5.74) is 4.84. The zero-order valence-corrected chi connectivity index (χ0v) is 12.2. The van der Waals surface area contributed by atoms with Gasteiger partial charge in [0.1, 0.15) is 0 Å². The number of allylic oxidation sites excluding steroid dienone is 1. The molecule has 1 aromatic heterocycles. The van der Waals surface area contributed by atoms with Crippen molar-refractivity contribution in [3.63, 3.8) is 0 Å². The predicted molar refractivity (Wildman–Crippen MR) is 81.3 cm³/mol. The first-order valence-electron chi connectivity index (χ1n) is 6.09. The Morgan fingerprint density at radius 2 is 2.00 bits per heavy atom. The molecule has 0 radical (unpaired) electrons. The van der Waals surface area contributed by atoms with Crippen molar-refractivity contribution in [2.45, 2.75) is 20.3 Å². The van der Waals surface area contributed by atoms with Crippen LogP contribution < -0.4 is 0 Å². The van der Waals surface area contributed by atoms with Crippen LogP contribution >= 0.6 is 15.9 Å². The number of pyridine rings is 1. The molecular weight excluding hydrogens is 286 g/mol. The van der Waals surface area contributed by atoms with E-state index in [1.165, 1.54) is 16.7 Å². The molecule has 0 unspecified atom stereocenters. The van der Waals surface area contributed by atoms with Crippen LogP contribution in [0.4, 0.5) is 0 Å². The van der Waals surface area contributed by atoms with Crippen molar-refractivity contribution in [2.75, 3.05) is 0 Å². The van der Waals surface area contributed by atoms with Crippen LogP contribution in [0.25, 0.3) is 11.6 Å². The zero-order chi connectivity index (χ0) is 13.0. The zero-order valence-electron chi connectivity index (χ0n) is 10.7. The first kappa shape index (κ1) is 13.0. The third-order valence-electron chi connectivity index (χ3n) is 2.95. The Morgan fingerprint density at radius 3 is 2.67 bits per heavy atom. The summed E-state index contributed by atoms with van der Waals surface area (Å²) in [6, 6.07) is 12.6. The van der Waals surface area contributed by atoms with E-state index in [4.69, 9.17) is 0 Å². The molecule has 1 nitrogen and oxygen atoms in total. The fourth-order valence-electron chi connectivity index (χ4n) is 1.90. The maximum Gasteiger partial charge on any atom is 0.0445 e. The molecule has 0 bridgehead atoms. The van der Waals surface area contributed by atoms with Crippen LogP contribution in [-0.2, 0) is 0 Å². The van der Waals surface area contributed by atoms with E-state index >= 15 is 0 Å². The Labute approximate surface area is 117 Å². The van der Waals surface area contributed by atoms with Gasteiger partial charge in [0.05, 0.1) is 0 Å². The molecule has 1 heterocycles. The number of aryl methyl sites for hydroxylation is 1. The molecule has 0 amide bonds. The average Bonchev–Trinajstić information content (AvgIpc) is 2.41. The molecule has 0 fully saturated rings. The molecule has 2 heteroatoms. The molecule has 0 N–H and O–H groups in total. The van der Waals surface area contributed by atoms with Crippen LogP contribution in [0.15, 0.2) is 47.1 Å². The molecule has 0 aliphatic carbocycles. The summed E-state index contributed by atoms with van der Waals surface area (Å²) in [4.78, 5) is 4.37. The Balaban J connectivity index is 2.44. The molecule has 18 heavy (non-hydrogen) atoms. The second kappa shape index (κ2) is 5.96. The molecule has 0 saturated heterocycles.